The number of nitrogens with zero attached hydrogens (tertiary/aromatic N) is 5. The van der Waals surface area contributed by atoms with E-state index in [2.05, 4.69) is 21.3 Å². The first kappa shape index (κ1) is 17.2. The first-order valence-corrected chi connectivity index (χ1v) is 8.85. The maximum atomic E-state index is 12.1. The Morgan fingerprint density at radius 3 is 2.84 bits per heavy atom. The van der Waals surface area contributed by atoms with Crippen LogP contribution in [0.5, 0.6) is 0 Å². The molecule has 2 aromatic heterocycles. The quantitative estimate of drug-likeness (QED) is 0.521. The van der Waals surface area contributed by atoms with E-state index in [1.54, 1.807) is 28.0 Å². The minimum Gasteiger partial charge on any atom is -0.287 e. The molecule has 0 saturated carbocycles. The number of aryl methyl sites for hydroxylation is 2. The van der Waals surface area contributed by atoms with Gasteiger partial charge in [0.1, 0.15) is 5.69 Å². The van der Waals surface area contributed by atoms with Crippen LogP contribution in [0, 0.1) is 6.92 Å². The molecular weight excluding hydrogens is 334 g/mol. The Morgan fingerprint density at radius 1 is 1.32 bits per heavy atom. The highest BCUT2D eigenvalue weighted by Gasteiger charge is 2.07. The summed E-state index contributed by atoms with van der Waals surface area (Å²) in [5, 5.41) is 9.03. The van der Waals surface area contributed by atoms with Crippen molar-refractivity contribution in [2.24, 2.45) is 12.0 Å². The first-order chi connectivity index (χ1) is 12.1. The summed E-state index contributed by atoms with van der Waals surface area (Å²) in [5.41, 5.74) is 3.96. The summed E-state index contributed by atoms with van der Waals surface area (Å²) in [6.07, 6.45) is 7.00. The van der Waals surface area contributed by atoms with E-state index in [4.69, 9.17) is 0 Å². The molecule has 0 aliphatic heterocycles. The van der Waals surface area contributed by atoms with Crippen LogP contribution in [0.3, 0.4) is 0 Å². The highest BCUT2D eigenvalue weighted by atomic mass is 32.2. The van der Waals surface area contributed by atoms with Crippen molar-refractivity contribution in [3.05, 3.63) is 64.2 Å². The Morgan fingerprint density at radius 2 is 2.16 bits per heavy atom. The van der Waals surface area contributed by atoms with E-state index >= 15 is 0 Å². The monoisotopic (exact) mass is 353 g/mol. The van der Waals surface area contributed by atoms with Gasteiger partial charge >= 0.3 is 0 Å². The minimum absolute atomic E-state index is 0.0749. The number of thioether (sulfide) groups is 1. The average molecular weight is 353 g/mol. The highest BCUT2D eigenvalue weighted by Crippen LogP contribution is 2.24. The summed E-state index contributed by atoms with van der Waals surface area (Å²) in [5.74, 6) is 0.677. The Bertz CT molecular complexity index is 974. The van der Waals surface area contributed by atoms with Gasteiger partial charge in [0.2, 0.25) is 5.43 Å². The maximum Gasteiger partial charge on any atom is 0.214 e. The van der Waals surface area contributed by atoms with Gasteiger partial charge in [-0.25, -0.2) is 4.68 Å². The van der Waals surface area contributed by atoms with Crippen molar-refractivity contribution in [3.63, 3.8) is 0 Å². The molecule has 6 nitrogen and oxygen atoms in total. The van der Waals surface area contributed by atoms with Crippen molar-refractivity contribution in [1.82, 2.24) is 19.6 Å². The van der Waals surface area contributed by atoms with Crippen molar-refractivity contribution >= 4 is 23.7 Å². The molecule has 0 aliphatic rings. The summed E-state index contributed by atoms with van der Waals surface area (Å²) in [4.78, 5) is 16.4. The lowest BCUT2D eigenvalue weighted by Gasteiger charge is -2.06. The van der Waals surface area contributed by atoms with Crippen LogP contribution in [0.2, 0.25) is 0 Å². The Kier molecular flexibility index (Phi) is 5.14. The van der Waals surface area contributed by atoms with E-state index < -0.39 is 0 Å². The topological polar surface area (TPSA) is 65.1 Å². The summed E-state index contributed by atoms with van der Waals surface area (Å²) in [6, 6.07) is 7.66. The van der Waals surface area contributed by atoms with E-state index in [-0.39, 0.29) is 5.43 Å². The minimum atomic E-state index is -0.0749. The summed E-state index contributed by atoms with van der Waals surface area (Å²) < 4.78 is 3.37. The molecule has 1 aromatic carbocycles. The molecule has 3 rings (SSSR count). The molecule has 7 heteroatoms. The Labute approximate surface area is 150 Å². The number of hydrogen-bond donors (Lipinski definition) is 0. The van der Waals surface area contributed by atoms with Crippen LogP contribution in [-0.2, 0) is 12.8 Å². The second-order valence-electron chi connectivity index (χ2n) is 5.60. The molecule has 0 radical (unpaired) electrons. The van der Waals surface area contributed by atoms with Gasteiger partial charge in [-0.1, -0.05) is 23.9 Å². The van der Waals surface area contributed by atoms with Gasteiger partial charge in [-0.2, -0.15) is 10.2 Å². The maximum absolute atomic E-state index is 12.1. The lowest BCUT2D eigenvalue weighted by Crippen LogP contribution is -2.11. The van der Waals surface area contributed by atoms with E-state index in [9.17, 15) is 4.79 Å². The van der Waals surface area contributed by atoms with Gasteiger partial charge in [0.25, 0.3) is 0 Å². The summed E-state index contributed by atoms with van der Waals surface area (Å²) in [7, 11) is 1.84. The van der Waals surface area contributed by atoms with E-state index in [1.165, 1.54) is 17.8 Å². The van der Waals surface area contributed by atoms with Crippen molar-refractivity contribution in [3.8, 4) is 5.69 Å². The molecule has 0 fully saturated rings. The first-order valence-electron chi connectivity index (χ1n) is 7.87. The molecule has 2 heterocycles. The summed E-state index contributed by atoms with van der Waals surface area (Å²) in [6.45, 7) is 3.93. The SMILES string of the molecule is CC=Nc1ccc(CSc2nn(-c3cnn(C)c3)ccc2=O)cc1C. The molecule has 0 N–H and O–H groups in total. The molecule has 0 unspecified atom stereocenters. The van der Waals surface area contributed by atoms with Crippen LogP contribution in [0.4, 0.5) is 5.69 Å². The molecule has 0 saturated heterocycles. The van der Waals surface area contributed by atoms with Crippen molar-refractivity contribution in [2.75, 3.05) is 0 Å². The molecule has 0 bridgehead atoms. The third-order valence-corrected chi connectivity index (χ3v) is 4.67. The fourth-order valence-electron chi connectivity index (χ4n) is 2.40. The number of rotatable bonds is 5. The van der Waals surface area contributed by atoms with E-state index in [0.29, 0.717) is 10.8 Å². The third-order valence-electron chi connectivity index (χ3n) is 3.64. The number of aromatic nitrogens is 4. The van der Waals surface area contributed by atoms with Gasteiger partial charge in [0, 0.05) is 31.3 Å². The highest BCUT2D eigenvalue weighted by molar-refractivity contribution is 7.98. The average Bonchev–Trinajstić information content (AvgIpc) is 3.03. The Hall–Kier alpha value is -2.67. The molecule has 25 heavy (non-hydrogen) atoms. The molecule has 0 aliphatic carbocycles. The molecule has 0 amide bonds. The standard InChI is InChI=1S/C18H19N5OS/c1-4-19-16-6-5-14(9-13(16)2)12-25-18-17(24)7-8-23(21-18)15-10-20-22(3)11-15/h4-11H,12H2,1-3H3. The van der Waals surface area contributed by atoms with Gasteiger partial charge in [-0.15, -0.1) is 0 Å². The number of aliphatic imine (C=N–C) groups is 1. The zero-order chi connectivity index (χ0) is 17.8. The normalized spacial score (nSPS) is 11.3. The fourth-order valence-corrected chi connectivity index (χ4v) is 3.24. The summed E-state index contributed by atoms with van der Waals surface area (Å²) >= 11 is 1.43. The molecule has 3 aromatic rings. The molecule has 0 atom stereocenters. The van der Waals surface area contributed by atoms with Crippen molar-refractivity contribution in [1.29, 1.82) is 0 Å². The van der Waals surface area contributed by atoms with Crippen LogP contribution < -0.4 is 5.43 Å². The van der Waals surface area contributed by atoms with Crippen LogP contribution >= 0.6 is 11.8 Å². The van der Waals surface area contributed by atoms with E-state index in [0.717, 1.165) is 22.5 Å². The second kappa shape index (κ2) is 7.48. The van der Waals surface area contributed by atoms with Crippen LogP contribution in [0.1, 0.15) is 18.1 Å². The predicted octanol–water partition coefficient (Wildman–Crippen LogP) is 3.29. The van der Waals surface area contributed by atoms with Gasteiger partial charge in [0.05, 0.1) is 18.1 Å². The van der Waals surface area contributed by atoms with Gasteiger partial charge < -0.3 is 0 Å². The molecule has 0 spiro atoms. The lowest BCUT2D eigenvalue weighted by atomic mass is 10.1. The second-order valence-corrected chi connectivity index (χ2v) is 6.56. The van der Waals surface area contributed by atoms with E-state index in [1.807, 2.05) is 39.2 Å². The zero-order valence-electron chi connectivity index (χ0n) is 14.4. The third kappa shape index (κ3) is 4.06. The van der Waals surface area contributed by atoms with Crippen LogP contribution in [-0.4, -0.2) is 25.8 Å². The zero-order valence-corrected chi connectivity index (χ0v) is 15.2. The Balaban J connectivity index is 1.79. The van der Waals surface area contributed by atoms with Gasteiger partial charge in [-0.3, -0.25) is 14.5 Å². The fraction of sp³-hybridized carbons (Fsp3) is 0.222. The molecule has 128 valence electrons. The van der Waals surface area contributed by atoms with Crippen LogP contribution in [0.25, 0.3) is 5.69 Å². The van der Waals surface area contributed by atoms with Crippen LogP contribution in [0.15, 0.2) is 57.7 Å². The van der Waals surface area contributed by atoms with Crippen molar-refractivity contribution < 1.29 is 0 Å². The number of hydrogen-bond acceptors (Lipinski definition) is 5. The molecular formula is C18H19N5OS. The van der Waals surface area contributed by atoms with Gasteiger partial charge in [0.15, 0.2) is 5.03 Å². The van der Waals surface area contributed by atoms with Gasteiger partial charge in [-0.05, 0) is 31.0 Å². The number of benzene rings is 1. The van der Waals surface area contributed by atoms with Crippen molar-refractivity contribution in [2.45, 2.75) is 24.6 Å². The lowest BCUT2D eigenvalue weighted by molar-refractivity contribution is 0.756. The largest absolute Gasteiger partial charge is 0.287 e. The smallest absolute Gasteiger partial charge is 0.214 e. The predicted molar refractivity (Wildman–Crippen MR) is 101 cm³/mol.